The monoisotopic (exact) mass is 509 g/mol. The molecule has 0 amide bonds. The first-order chi connectivity index (χ1) is 12.5. The van der Waals surface area contributed by atoms with Crippen LogP contribution in [0.1, 0.15) is 32.3 Å². The maximum absolute atomic E-state index is 10.6. The fourth-order valence-electron chi connectivity index (χ4n) is 2.98. The van der Waals surface area contributed by atoms with Crippen molar-refractivity contribution in [3.8, 4) is 0 Å². The van der Waals surface area contributed by atoms with Gasteiger partial charge in [-0.2, -0.15) is 11.3 Å². The third-order valence-corrected chi connectivity index (χ3v) is 5.51. The Balaban J connectivity index is 0.00000364. The number of rotatable bonds is 9. The summed E-state index contributed by atoms with van der Waals surface area (Å²) in [5.41, 5.74) is -0.00156. The highest BCUT2D eigenvalue weighted by Gasteiger charge is 2.23. The van der Waals surface area contributed by atoms with E-state index in [1.54, 1.807) is 11.3 Å². The highest BCUT2D eigenvalue weighted by Crippen LogP contribution is 2.23. The predicted octanol–water partition coefficient (Wildman–Crippen LogP) is 2.16. The lowest BCUT2D eigenvalue weighted by Gasteiger charge is -2.32. The lowest BCUT2D eigenvalue weighted by Crippen LogP contribution is -2.44. The van der Waals surface area contributed by atoms with Crippen molar-refractivity contribution in [2.75, 3.05) is 59.4 Å². The summed E-state index contributed by atoms with van der Waals surface area (Å²) >= 11 is 1.60. The van der Waals surface area contributed by atoms with Crippen LogP contribution in [0.15, 0.2) is 21.8 Å². The molecule has 2 heterocycles. The molecule has 0 aliphatic carbocycles. The molecule has 1 fully saturated rings. The van der Waals surface area contributed by atoms with E-state index in [-0.39, 0.29) is 24.0 Å². The van der Waals surface area contributed by atoms with Gasteiger partial charge in [-0.3, -0.25) is 0 Å². The second-order valence-corrected chi connectivity index (χ2v) is 8.04. The Labute approximate surface area is 185 Å². The zero-order valence-corrected chi connectivity index (χ0v) is 20.1. The Hall–Kier alpha value is -0.420. The van der Waals surface area contributed by atoms with Gasteiger partial charge in [0.15, 0.2) is 5.96 Å². The Bertz CT molecular complexity index is 530. The number of hydrogen-bond acceptors (Lipinski definition) is 5. The van der Waals surface area contributed by atoms with Gasteiger partial charge in [-0.1, -0.05) is 0 Å². The van der Waals surface area contributed by atoms with Gasteiger partial charge in [0, 0.05) is 39.3 Å². The van der Waals surface area contributed by atoms with Crippen LogP contribution < -0.4 is 10.6 Å². The van der Waals surface area contributed by atoms with E-state index in [2.05, 4.69) is 39.4 Å². The fraction of sp³-hybridized carbons (Fsp3) is 0.737. The Morgan fingerprint density at radius 2 is 2.00 bits per heavy atom. The summed E-state index contributed by atoms with van der Waals surface area (Å²) in [5.74, 6) is 0.780. The molecule has 0 aromatic carbocycles. The van der Waals surface area contributed by atoms with Crippen LogP contribution in [0.2, 0.25) is 0 Å². The van der Waals surface area contributed by atoms with E-state index >= 15 is 0 Å². The van der Waals surface area contributed by atoms with Crippen LogP contribution >= 0.6 is 35.3 Å². The molecule has 0 saturated carbocycles. The first-order valence-corrected chi connectivity index (χ1v) is 10.6. The molecule has 1 aromatic rings. The zero-order valence-electron chi connectivity index (χ0n) is 16.9. The predicted molar refractivity (Wildman–Crippen MR) is 126 cm³/mol. The number of aliphatic imine (C=N–C) groups is 1. The lowest BCUT2D eigenvalue weighted by atomic mass is 10.00. The first kappa shape index (κ1) is 24.6. The van der Waals surface area contributed by atoms with Crippen molar-refractivity contribution >= 4 is 41.3 Å². The number of hydrogen-bond donors (Lipinski definition) is 3. The minimum atomic E-state index is -0.927. The van der Waals surface area contributed by atoms with E-state index in [0.29, 0.717) is 6.54 Å². The van der Waals surface area contributed by atoms with Crippen LogP contribution in [-0.4, -0.2) is 80.3 Å². The summed E-state index contributed by atoms with van der Waals surface area (Å²) in [6, 6.07) is 1.96. The second kappa shape index (κ2) is 12.9. The van der Waals surface area contributed by atoms with Crippen molar-refractivity contribution in [3.05, 3.63) is 22.4 Å². The van der Waals surface area contributed by atoms with Crippen molar-refractivity contribution < 1.29 is 5.11 Å². The summed E-state index contributed by atoms with van der Waals surface area (Å²) in [5, 5.41) is 21.2. The van der Waals surface area contributed by atoms with Crippen molar-refractivity contribution in [3.63, 3.8) is 0 Å². The molecule has 1 saturated heterocycles. The minimum absolute atomic E-state index is 0. The number of thiophene rings is 1. The molecule has 3 N–H and O–H groups in total. The van der Waals surface area contributed by atoms with Crippen LogP contribution in [0, 0.1) is 0 Å². The largest absolute Gasteiger partial charge is 0.383 e. The van der Waals surface area contributed by atoms with Gasteiger partial charge in [-0.05, 0) is 62.7 Å². The summed E-state index contributed by atoms with van der Waals surface area (Å²) in [4.78, 5) is 9.51. The number of nitrogens with one attached hydrogen (secondary N) is 2. The summed E-state index contributed by atoms with van der Waals surface area (Å²) < 4.78 is 0. The SMILES string of the molecule is CCNC(=NCC(C)(O)c1ccsc1)NCCCCN1CCN(C)CC1.I. The van der Waals surface area contributed by atoms with Crippen LogP contribution in [0.3, 0.4) is 0 Å². The minimum Gasteiger partial charge on any atom is -0.383 e. The van der Waals surface area contributed by atoms with Gasteiger partial charge >= 0.3 is 0 Å². The molecule has 6 nitrogen and oxygen atoms in total. The van der Waals surface area contributed by atoms with E-state index < -0.39 is 5.60 Å². The van der Waals surface area contributed by atoms with E-state index in [4.69, 9.17) is 0 Å². The van der Waals surface area contributed by atoms with Gasteiger partial charge in [-0.25, -0.2) is 4.99 Å². The number of piperazine rings is 1. The molecular formula is C19H36IN5OS. The number of aliphatic hydroxyl groups is 1. The van der Waals surface area contributed by atoms with Gasteiger partial charge in [0.2, 0.25) is 0 Å². The topological polar surface area (TPSA) is 63.1 Å². The molecule has 8 heteroatoms. The molecular weight excluding hydrogens is 473 g/mol. The van der Waals surface area contributed by atoms with Crippen LogP contribution in [-0.2, 0) is 5.60 Å². The highest BCUT2D eigenvalue weighted by atomic mass is 127. The smallest absolute Gasteiger partial charge is 0.191 e. The van der Waals surface area contributed by atoms with Crippen LogP contribution in [0.25, 0.3) is 0 Å². The van der Waals surface area contributed by atoms with E-state index in [1.807, 2.05) is 23.8 Å². The Kier molecular flexibility index (Phi) is 11.8. The summed E-state index contributed by atoms with van der Waals surface area (Å²) in [6.07, 6.45) is 2.32. The van der Waals surface area contributed by atoms with Gasteiger partial charge < -0.3 is 25.5 Å². The summed E-state index contributed by atoms with van der Waals surface area (Å²) in [7, 11) is 2.19. The lowest BCUT2D eigenvalue weighted by molar-refractivity contribution is 0.0677. The average molecular weight is 510 g/mol. The van der Waals surface area contributed by atoms with Gasteiger partial charge in [0.1, 0.15) is 5.60 Å². The first-order valence-electron chi connectivity index (χ1n) is 9.69. The summed E-state index contributed by atoms with van der Waals surface area (Å²) in [6.45, 7) is 11.8. The van der Waals surface area contributed by atoms with Crippen LogP contribution in [0.4, 0.5) is 0 Å². The Morgan fingerprint density at radius 1 is 1.26 bits per heavy atom. The van der Waals surface area contributed by atoms with Crippen molar-refractivity contribution in [1.29, 1.82) is 0 Å². The molecule has 1 unspecified atom stereocenters. The molecule has 1 atom stereocenters. The zero-order chi connectivity index (χ0) is 18.8. The molecule has 156 valence electrons. The molecule has 1 aliphatic heterocycles. The molecule has 2 rings (SSSR count). The molecule has 0 spiro atoms. The molecule has 0 radical (unpaired) electrons. The maximum atomic E-state index is 10.6. The molecule has 1 aliphatic rings. The second-order valence-electron chi connectivity index (χ2n) is 7.26. The normalized spacial score (nSPS) is 18.6. The third kappa shape index (κ3) is 9.08. The Morgan fingerprint density at radius 3 is 2.63 bits per heavy atom. The molecule has 0 bridgehead atoms. The quantitative estimate of drug-likeness (QED) is 0.206. The third-order valence-electron chi connectivity index (χ3n) is 4.82. The fourth-order valence-corrected chi connectivity index (χ4v) is 3.76. The van der Waals surface area contributed by atoms with E-state index in [1.165, 1.54) is 39.1 Å². The van der Waals surface area contributed by atoms with Crippen molar-refractivity contribution in [2.24, 2.45) is 4.99 Å². The van der Waals surface area contributed by atoms with Crippen molar-refractivity contribution in [2.45, 2.75) is 32.3 Å². The van der Waals surface area contributed by atoms with E-state index in [9.17, 15) is 5.11 Å². The van der Waals surface area contributed by atoms with Gasteiger partial charge in [0.05, 0.1) is 6.54 Å². The number of guanidine groups is 1. The van der Waals surface area contributed by atoms with Crippen molar-refractivity contribution in [1.82, 2.24) is 20.4 Å². The van der Waals surface area contributed by atoms with Gasteiger partial charge in [-0.15, -0.1) is 24.0 Å². The highest BCUT2D eigenvalue weighted by molar-refractivity contribution is 14.0. The molecule has 27 heavy (non-hydrogen) atoms. The maximum Gasteiger partial charge on any atom is 0.191 e. The number of unbranched alkanes of at least 4 members (excludes halogenated alkanes) is 1. The number of likely N-dealkylation sites (N-methyl/N-ethyl adjacent to an activating group) is 1. The number of halogens is 1. The van der Waals surface area contributed by atoms with Gasteiger partial charge in [0.25, 0.3) is 0 Å². The van der Waals surface area contributed by atoms with E-state index in [0.717, 1.165) is 31.0 Å². The molecule has 1 aromatic heterocycles. The standard InChI is InChI=1S/C19H35N5OS.HI/c1-4-20-18(22-16-19(2,25)17-7-14-26-15-17)21-8-5-6-9-24-12-10-23(3)11-13-24;/h7,14-15,25H,4-6,8-13,16H2,1-3H3,(H2,20,21,22);1H. The van der Waals surface area contributed by atoms with Crippen LogP contribution in [0.5, 0.6) is 0 Å². The average Bonchev–Trinajstić information content (AvgIpc) is 3.16. The number of nitrogens with zero attached hydrogens (tertiary/aromatic N) is 3.